The van der Waals surface area contributed by atoms with Gasteiger partial charge in [0.2, 0.25) is 0 Å². The van der Waals surface area contributed by atoms with Crippen molar-refractivity contribution in [2.75, 3.05) is 0 Å². The molecule has 0 bridgehead atoms. The molecule has 5 nitrogen and oxygen atoms in total. The van der Waals surface area contributed by atoms with Crippen LogP contribution in [0.3, 0.4) is 0 Å². The quantitative estimate of drug-likeness (QED) is 0.573. The Hall–Kier alpha value is -0.670. The lowest BCUT2D eigenvalue weighted by atomic mass is 10.2. The molecular formula is C11H11ClIN3O2S. The Labute approximate surface area is 129 Å². The van der Waals surface area contributed by atoms with E-state index in [1.165, 1.54) is 4.57 Å². The minimum atomic E-state index is -3.89. The first-order chi connectivity index (χ1) is 8.93. The van der Waals surface area contributed by atoms with Crippen LogP contribution in [0.4, 0.5) is 0 Å². The van der Waals surface area contributed by atoms with E-state index in [-0.39, 0.29) is 5.16 Å². The van der Waals surface area contributed by atoms with Gasteiger partial charge in [-0.05, 0) is 41.1 Å². The highest BCUT2D eigenvalue weighted by atomic mass is 127. The van der Waals surface area contributed by atoms with Gasteiger partial charge in [0, 0.05) is 26.4 Å². The maximum absolute atomic E-state index is 11.5. The van der Waals surface area contributed by atoms with Crippen molar-refractivity contribution in [1.29, 1.82) is 0 Å². The molecule has 0 saturated heterocycles. The summed E-state index contributed by atoms with van der Waals surface area (Å²) in [6.45, 7) is 2.44. The largest absolute Gasteiger partial charge is 0.297 e. The molecule has 0 saturated carbocycles. The van der Waals surface area contributed by atoms with Crippen molar-refractivity contribution in [3.63, 3.8) is 0 Å². The van der Waals surface area contributed by atoms with Crippen molar-refractivity contribution in [2.45, 2.75) is 25.0 Å². The summed E-state index contributed by atoms with van der Waals surface area (Å²) < 4.78 is 25.5. The van der Waals surface area contributed by atoms with Crippen molar-refractivity contribution in [3.8, 4) is 11.4 Å². The molecule has 0 radical (unpaired) electrons. The average molecular weight is 412 g/mol. The van der Waals surface area contributed by atoms with Crippen molar-refractivity contribution >= 4 is 42.3 Å². The van der Waals surface area contributed by atoms with E-state index in [2.05, 4.69) is 32.8 Å². The van der Waals surface area contributed by atoms with Crippen molar-refractivity contribution in [2.24, 2.45) is 0 Å². The summed E-state index contributed by atoms with van der Waals surface area (Å²) in [5, 5.41) is 7.46. The molecular weight excluding hydrogens is 401 g/mol. The summed E-state index contributed by atoms with van der Waals surface area (Å²) >= 11 is 2.19. The zero-order valence-corrected chi connectivity index (χ0v) is 13.8. The van der Waals surface area contributed by atoms with E-state index in [4.69, 9.17) is 10.7 Å². The maximum atomic E-state index is 11.5. The molecule has 0 amide bonds. The molecule has 2 rings (SSSR count). The third-order valence-electron chi connectivity index (χ3n) is 2.46. The van der Waals surface area contributed by atoms with E-state index in [0.717, 1.165) is 15.6 Å². The second-order valence-electron chi connectivity index (χ2n) is 3.91. The zero-order valence-electron chi connectivity index (χ0n) is 10.0. The normalized spacial score (nSPS) is 11.7. The standard InChI is InChI=1S/C11H11ClIN3O2S/c1-2-6-16-10(8-4-3-5-9(13)7-8)14-15-11(16)19(12,17)18/h3-5,7H,2,6H2,1H3. The van der Waals surface area contributed by atoms with Gasteiger partial charge in [-0.25, -0.2) is 8.42 Å². The van der Waals surface area contributed by atoms with Crippen LogP contribution in [0, 0.1) is 3.57 Å². The molecule has 1 aromatic carbocycles. The topological polar surface area (TPSA) is 64.8 Å². The molecule has 0 atom stereocenters. The van der Waals surface area contributed by atoms with E-state index in [0.29, 0.717) is 12.4 Å². The third-order valence-corrected chi connectivity index (χ3v) is 4.29. The molecule has 19 heavy (non-hydrogen) atoms. The highest BCUT2D eigenvalue weighted by molar-refractivity contribution is 14.1. The van der Waals surface area contributed by atoms with Gasteiger partial charge < -0.3 is 0 Å². The predicted molar refractivity (Wildman–Crippen MR) is 81.5 cm³/mol. The smallest absolute Gasteiger partial charge is 0.296 e. The van der Waals surface area contributed by atoms with E-state index < -0.39 is 9.05 Å². The van der Waals surface area contributed by atoms with Gasteiger partial charge >= 0.3 is 0 Å². The molecule has 102 valence electrons. The Morgan fingerprint density at radius 1 is 1.37 bits per heavy atom. The van der Waals surface area contributed by atoms with Crippen LogP contribution >= 0.6 is 33.3 Å². The number of hydrogen-bond donors (Lipinski definition) is 0. The highest BCUT2D eigenvalue weighted by Gasteiger charge is 2.22. The number of halogens is 2. The van der Waals surface area contributed by atoms with Crippen LogP contribution in [0.15, 0.2) is 29.4 Å². The van der Waals surface area contributed by atoms with Gasteiger partial charge in [0.1, 0.15) is 0 Å². The second kappa shape index (κ2) is 5.76. The lowest BCUT2D eigenvalue weighted by molar-refractivity contribution is 0.570. The first-order valence-corrected chi connectivity index (χ1v) is 8.96. The average Bonchev–Trinajstić information content (AvgIpc) is 2.73. The van der Waals surface area contributed by atoms with Gasteiger partial charge in [-0.15, -0.1) is 10.2 Å². The van der Waals surface area contributed by atoms with Gasteiger partial charge in [-0.2, -0.15) is 0 Å². The van der Waals surface area contributed by atoms with Crippen molar-refractivity contribution in [1.82, 2.24) is 14.8 Å². The van der Waals surface area contributed by atoms with Crippen LogP contribution in [0.1, 0.15) is 13.3 Å². The summed E-state index contributed by atoms with van der Waals surface area (Å²) in [7, 11) is 1.49. The Kier molecular flexibility index (Phi) is 4.46. The molecule has 0 N–H and O–H groups in total. The number of hydrogen-bond acceptors (Lipinski definition) is 4. The molecule has 0 spiro atoms. The van der Waals surface area contributed by atoms with Crippen LogP contribution in [-0.4, -0.2) is 23.2 Å². The summed E-state index contributed by atoms with van der Waals surface area (Å²) in [6, 6.07) is 7.62. The fraction of sp³-hybridized carbons (Fsp3) is 0.273. The van der Waals surface area contributed by atoms with Crippen molar-refractivity contribution in [3.05, 3.63) is 27.8 Å². The van der Waals surface area contributed by atoms with Gasteiger partial charge in [-0.3, -0.25) is 4.57 Å². The Balaban J connectivity index is 2.62. The molecule has 1 aromatic heterocycles. The van der Waals surface area contributed by atoms with Gasteiger partial charge in [0.25, 0.3) is 14.2 Å². The molecule has 0 aliphatic carbocycles. The van der Waals surface area contributed by atoms with Crippen LogP contribution in [0.25, 0.3) is 11.4 Å². The molecule has 2 aromatic rings. The second-order valence-corrected chi connectivity index (χ2v) is 7.61. The first kappa shape index (κ1) is 14.7. The molecule has 0 unspecified atom stereocenters. The highest BCUT2D eigenvalue weighted by Crippen LogP contribution is 2.24. The van der Waals surface area contributed by atoms with E-state index in [9.17, 15) is 8.42 Å². The monoisotopic (exact) mass is 411 g/mol. The molecule has 8 heteroatoms. The molecule has 0 fully saturated rings. The van der Waals surface area contributed by atoms with Gasteiger partial charge in [0.15, 0.2) is 5.82 Å². The van der Waals surface area contributed by atoms with Gasteiger partial charge in [0.05, 0.1) is 0 Å². The summed E-state index contributed by atoms with van der Waals surface area (Å²) in [4.78, 5) is 0. The van der Waals surface area contributed by atoms with Crippen LogP contribution in [0.2, 0.25) is 0 Å². The Bertz CT molecular complexity index is 700. The third kappa shape index (κ3) is 3.26. The van der Waals surface area contributed by atoms with E-state index in [1.807, 2.05) is 31.2 Å². The van der Waals surface area contributed by atoms with Crippen LogP contribution < -0.4 is 0 Å². The van der Waals surface area contributed by atoms with Crippen LogP contribution in [0.5, 0.6) is 0 Å². The number of nitrogens with zero attached hydrogens (tertiary/aromatic N) is 3. The van der Waals surface area contributed by atoms with E-state index >= 15 is 0 Å². The summed E-state index contributed by atoms with van der Waals surface area (Å²) in [5.74, 6) is 0.514. The number of rotatable bonds is 4. The minimum absolute atomic E-state index is 0.204. The first-order valence-electron chi connectivity index (χ1n) is 5.57. The fourth-order valence-electron chi connectivity index (χ4n) is 1.74. The minimum Gasteiger partial charge on any atom is -0.297 e. The SMILES string of the molecule is CCCn1c(-c2cccc(I)c2)nnc1S(=O)(=O)Cl. The summed E-state index contributed by atoms with van der Waals surface area (Å²) in [6.07, 6.45) is 0.758. The van der Waals surface area contributed by atoms with Gasteiger partial charge in [-0.1, -0.05) is 19.1 Å². The zero-order chi connectivity index (χ0) is 14.0. The lowest BCUT2D eigenvalue weighted by Crippen LogP contribution is -2.07. The fourth-order valence-corrected chi connectivity index (χ4v) is 3.20. The predicted octanol–water partition coefficient (Wildman–Crippen LogP) is 2.89. The number of aromatic nitrogens is 3. The number of benzene rings is 1. The lowest BCUT2D eigenvalue weighted by Gasteiger charge is -2.07. The Morgan fingerprint density at radius 3 is 2.68 bits per heavy atom. The summed E-state index contributed by atoms with van der Waals surface area (Å²) in [5.41, 5.74) is 0.819. The molecule has 0 aliphatic rings. The van der Waals surface area contributed by atoms with Crippen LogP contribution in [-0.2, 0) is 15.6 Å². The molecule has 1 heterocycles. The van der Waals surface area contributed by atoms with Crippen molar-refractivity contribution < 1.29 is 8.42 Å². The Morgan fingerprint density at radius 2 is 2.11 bits per heavy atom. The molecule has 0 aliphatic heterocycles. The maximum Gasteiger partial charge on any atom is 0.296 e. The van der Waals surface area contributed by atoms with E-state index in [1.54, 1.807) is 0 Å².